The first kappa shape index (κ1) is 17.6. The van der Waals surface area contributed by atoms with E-state index in [0.717, 1.165) is 43.9 Å². The van der Waals surface area contributed by atoms with Gasteiger partial charge in [0.25, 0.3) is 11.7 Å². The molecule has 1 fully saturated rings. The number of amides is 1. The molecule has 0 bridgehead atoms. The third-order valence-electron chi connectivity index (χ3n) is 5.80. The van der Waals surface area contributed by atoms with Crippen molar-refractivity contribution in [2.45, 2.75) is 25.7 Å². The van der Waals surface area contributed by atoms with E-state index in [0.29, 0.717) is 30.0 Å². The van der Waals surface area contributed by atoms with Crippen LogP contribution in [0.5, 0.6) is 0 Å². The topological polar surface area (TPSA) is 90.4 Å². The Kier molecular flexibility index (Phi) is 4.35. The zero-order chi connectivity index (χ0) is 19.8. The second-order valence-corrected chi connectivity index (χ2v) is 7.51. The van der Waals surface area contributed by atoms with Crippen molar-refractivity contribution in [3.8, 4) is 6.07 Å². The predicted molar refractivity (Wildman–Crippen MR) is 107 cm³/mol. The molecule has 0 radical (unpaired) electrons. The van der Waals surface area contributed by atoms with Gasteiger partial charge in [0.2, 0.25) is 0 Å². The molecule has 29 heavy (non-hydrogen) atoms. The molecular weight excluding hydrogens is 366 g/mol. The summed E-state index contributed by atoms with van der Waals surface area (Å²) < 4.78 is 1.85. The summed E-state index contributed by atoms with van der Waals surface area (Å²) in [6, 6.07) is 8.92. The Balaban J connectivity index is 1.38. The summed E-state index contributed by atoms with van der Waals surface area (Å²) >= 11 is 0. The first-order valence-corrected chi connectivity index (χ1v) is 10.0. The van der Waals surface area contributed by atoms with Crippen LogP contribution in [0.3, 0.4) is 0 Å². The lowest BCUT2D eigenvalue weighted by Crippen LogP contribution is -2.49. The van der Waals surface area contributed by atoms with E-state index in [9.17, 15) is 4.79 Å². The van der Waals surface area contributed by atoms with E-state index in [1.807, 2.05) is 9.42 Å². The van der Waals surface area contributed by atoms with Gasteiger partial charge in [-0.1, -0.05) is 0 Å². The fourth-order valence-corrected chi connectivity index (χ4v) is 4.28. The van der Waals surface area contributed by atoms with Crippen LogP contribution in [0.4, 0.5) is 5.82 Å². The highest BCUT2D eigenvalue weighted by atomic mass is 16.2. The van der Waals surface area contributed by atoms with Crippen LogP contribution in [0.15, 0.2) is 30.6 Å². The number of hydrogen-bond donors (Lipinski definition) is 0. The molecule has 1 amide bonds. The molecule has 8 nitrogen and oxygen atoms in total. The Labute approximate surface area is 168 Å². The molecule has 2 aromatic heterocycles. The third kappa shape index (κ3) is 3.09. The maximum Gasteiger partial charge on any atom is 0.254 e. The SMILES string of the molecule is N#Cc1ccc(C(=O)N2CCN(c3c4c(nc5ncnn35)CCCC4)CC2)cc1. The van der Waals surface area contributed by atoms with Gasteiger partial charge < -0.3 is 9.80 Å². The number of hydrogen-bond acceptors (Lipinski definition) is 6. The minimum Gasteiger partial charge on any atom is -0.353 e. The number of piperazine rings is 1. The van der Waals surface area contributed by atoms with Crippen LogP contribution in [0.2, 0.25) is 0 Å². The Hall–Kier alpha value is -3.47. The fourth-order valence-electron chi connectivity index (χ4n) is 4.28. The molecule has 0 spiro atoms. The van der Waals surface area contributed by atoms with Crippen molar-refractivity contribution in [3.05, 3.63) is 53.0 Å². The van der Waals surface area contributed by atoms with E-state index in [1.165, 1.54) is 12.0 Å². The second kappa shape index (κ2) is 7.17. The highest BCUT2D eigenvalue weighted by Gasteiger charge is 2.28. The number of aryl methyl sites for hydroxylation is 1. The van der Waals surface area contributed by atoms with E-state index < -0.39 is 0 Å². The number of fused-ring (bicyclic) bond motifs is 2. The normalized spacial score (nSPS) is 16.5. The van der Waals surface area contributed by atoms with Crippen LogP contribution >= 0.6 is 0 Å². The number of carbonyl (C=O) groups excluding carboxylic acids is 1. The molecule has 0 atom stereocenters. The summed E-state index contributed by atoms with van der Waals surface area (Å²) in [7, 11) is 0. The Morgan fingerprint density at radius 3 is 2.55 bits per heavy atom. The maximum atomic E-state index is 12.8. The lowest BCUT2D eigenvalue weighted by Gasteiger charge is -2.37. The lowest BCUT2D eigenvalue weighted by atomic mass is 9.96. The minimum atomic E-state index is 0.0109. The Morgan fingerprint density at radius 1 is 1.03 bits per heavy atom. The van der Waals surface area contributed by atoms with E-state index in [1.54, 1.807) is 30.6 Å². The molecule has 5 rings (SSSR count). The van der Waals surface area contributed by atoms with Crippen LogP contribution in [-0.4, -0.2) is 56.6 Å². The molecule has 146 valence electrons. The van der Waals surface area contributed by atoms with Crippen LogP contribution in [0, 0.1) is 11.3 Å². The summed E-state index contributed by atoms with van der Waals surface area (Å²) in [5, 5.41) is 13.3. The molecule has 1 aliphatic carbocycles. The largest absolute Gasteiger partial charge is 0.353 e. The zero-order valence-electron chi connectivity index (χ0n) is 16.1. The van der Waals surface area contributed by atoms with Gasteiger partial charge in [0, 0.05) is 37.3 Å². The van der Waals surface area contributed by atoms with E-state index >= 15 is 0 Å². The van der Waals surface area contributed by atoms with Gasteiger partial charge in [-0.3, -0.25) is 4.79 Å². The van der Waals surface area contributed by atoms with Crippen molar-refractivity contribution in [1.29, 1.82) is 5.26 Å². The fraction of sp³-hybridized carbons (Fsp3) is 0.381. The van der Waals surface area contributed by atoms with E-state index in [4.69, 9.17) is 10.2 Å². The third-order valence-corrected chi connectivity index (χ3v) is 5.80. The van der Waals surface area contributed by atoms with Gasteiger partial charge in [-0.15, -0.1) is 0 Å². The van der Waals surface area contributed by atoms with Gasteiger partial charge in [-0.05, 0) is 49.9 Å². The Morgan fingerprint density at radius 2 is 1.79 bits per heavy atom. The zero-order valence-corrected chi connectivity index (χ0v) is 16.1. The molecule has 1 aromatic carbocycles. The average Bonchev–Trinajstić information content (AvgIpc) is 3.25. The highest BCUT2D eigenvalue weighted by molar-refractivity contribution is 5.94. The first-order chi connectivity index (χ1) is 14.2. The summed E-state index contributed by atoms with van der Waals surface area (Å²) in [5.41, 5.74) is 3.60. The van der Waals surface area contributed by atoms with Crippen molar-refractivity contribution < 1.29 is 4.79 Å². The first-order valence-electron chi connectivity index (χ1n) is 10.0. The van der Waals surface area contributed by atoms with Crippen LogP contribution in [0.25, 0.3) is 5.78 Å². The molecule has 1 aliphatic heterocycles. The standard InChI is InChI=1S/C21H21N7O/c22-13-15-5-7-16(8-6-15)20(29)27-11-9-26(10-12-27)19-17-3-1-2-4-18(17)25-21-23-14-24-28(19)21/h5-8,14H,1-4,9-12H2. The van der Waals surface area contributed by atoms with Crippen LogP contribution in [-0.2, 0) is 12.8 Å². The molecular formula is C21H21N7O. The van der Waals surface area contributed by atoms with Crippen molar-refractivity contribution in [2.24, 2.45) is 0 Å². The van der Waals surface area contributed by atoms with Gasteiger partial charge in [0.05, 0.1) is 17.3 Å². The van der Waals surface area contributed by atoms with Crippen molar-refractivity contribution in [2.75, 3.05) is 31.1 Å². The number of anilines is 1. The molecule has 0 saturated carbocycles. The van der Waals surface area contributed by atoms with Crippen molar-refractivity contribution in [3.63, 3.8) is 0 Å². The number of aromatic nitrogens is 4. The maximum absolute atomic E-state index is 12.8. The molecule has 1 saturated heterocycles. The smallest absolute Gasteiger partial charge is 0.254 e. The van der Waals surface area contributed by atoms with E-state index in [2.05, 4.69) is 21.1 Å². The van der Waals surface area contributed by atoms with Gasteiger partial charge in [0.15, 0.2) is 0 Å². The van der Waals surface area contributed by atoms with Gasteiger partial charge >= 0.3 is 0 Å². The van der Waals surface area contributed by atoms with Crippen LogP contribution < -0.4 is 4.90 Å². The molecule has 0 unspecified atom stereocenters. The predicted octanol–water partition coefficient (Wildman–Crippen LogP) is 1.84. The van der Waals surface area contributed by atoms with Crippen LogP contribution in [0.1, 0.15) is 40.0 Å². The quantitative estimate of drug-likeness (QED) is 0.666. The molecule has 2 aliphatic rings. The lowest BCUT2D eigenvalue weighted by molar-refractivity contribution is 0.0746. The second-order valence-electron chi connectivity index (χ2n) is 7.51. The number of nitrogens with zero attached hydrogens (tertiary/aromatic N) is 7. The summed E-state index contributed by atoms with van der Waals surface area (Å²) in [6.45, 7) is 2.78. The number of rotatable bonds is 2. The summed E-state index contributed by atoms with van der Waals surface area (Å²) in [4.78, 5) is 26.0. The van der Waals surface area contributed by atoms with E-state index in [-0.39, 0.29) is 5.91 Å². The van der Waals surface area contributed by atoms with Gasteiger partial charge in [-0.25, -0.2) is 4.98 Å². The molecule has 3 aromatic rings. The number of benzene rings is 1. The number of nitriles is 1. The monoisotopic (exact) mass is 387 g/mol. The summed E-state index contributed by atoms with van der Waals surface area (Å²) in [5.74, 6) is 1.75. The van der Waals surface area contributed by atoms with Gasteiger partial charge in [-0.2, -0.15) is 19.9 Å². The molecule has 3 heterocycles. The van der Waals surface area contributed by atoms with Gasteiger partial charge in [0.1, 0.15) is 12.1 Å². The summed E-state index contributed by atoms with van der Waals surface area (Å²) in [6.07, 6.45) is 5.89. The molecule has 8 heteroatoms. The molecule has 0 N–H and O–H groups in total. The minimum absolute atomic E-state index is 0.0109. The average molecular weight is 387 g/mol. The highest BCUT2D eigenvalue weighted by Crippen LogP contribution is 2.30. The van der Waals surface area contributed by atoms with Crippen molar-refractivity contribution >= 4 is 17.5 Å². The number of carbonyl (C=O) groups is 1. The Bertz CT molecular complexity index is 1100. The van der Waals surface area contributed by atoms with Crippen molar-refractivity contribution in [1.82, 2.24) is 24.5 Å².